The van der Waals surface area contributed by atoms with Gasteiger partial charge in [-0.05, 0) is 31.0 Å². The van der Waals surface area contributed by atoms with E-state index < -0.39 is 20.0 Å². The molecule has 8 nitrogen and oxygen atoms in total. The topological polar surface area (TPSA) is 114 Å². The van der Waals surface area contributed by atoms with Gasteiger partial charge in [0.2, 0.25) is 20.0 Å². The molecule has 1 aliphatic rings. The lowest BCUT2D eigenvalue weighted by Gasteiger charge is -2.10. The third-order valence-electron chi connectivity index (χ3n) is 3.40. The number of sulfonamides is 2. The highest BCUT2D eigenvalue weighted by Crippen LogP contribution is 2.23. The van der Waals surface area contributed by atoms with Crippen LogP contribution in [0.4, 0.5) is 0 Å². The third-order valence-corrected chi connectivity index (χ3v) is 6.38. The molecule has 1 fully saturated rings. The van der Waals surface area contributed by atoms with Crippen LogP contribution in [0.2, 0.25) is 0 Å². The molecule has 24 heavy (non-hydrogen) atoms. The first kappa shape index (κ1) is 19.3. The van der Waals surface area contributed by atoms with Crippen LogP contribution in [-0.4, -0.2) is 56.2 Å². The van der Waals surface area contributed by atoms with Crippen LogP contribution >= 0.6 is 0 Å². The first-order valence-electron chi connectivity index (χ1n) is 7.67. The van der Waals surface area contributed by atoms with Crippen LogP contribution in [0.3, 0.4) is 0 Å². The van der Waals surface area contributed by atoms with Crippen molar-refractivity contribution >= 4 is 20.0 Å². The van der Waals surface area contributed by atoms with E-state index in [-0.39, 0.29) is 22.4 Å². The van der Waals surface area contributed by atoms with Gasteiger partial charge >= 0.3 is 0 Å². The van der Waals surface area contributed by atoms with Crippen molar-refractivity contribution in [1.82, 2.24) is 14.8 Å². The van der Waals surface area contributed by atoms with Crippen molar-refractivity contribution in [2.24, 2.45) is 0 Å². The molecule has 0 radical (unpaired) electrons. The van der Waals surface area contributed by atoms with Gasteiger partial charge in [-0.15, -0.1) is 0 Å². The largest absolute Gasteiger partial charge is 0.383 e. The molecule has 0 aromatic heterocycles. The minimum atomic E-state index is -3.76. The van der Waals surface area contributed by atoms with Crippen LogP contribution < -0.4 is 14.8 Å². The summed E-state index contributed by atoms with van der Waals surface area (Å²) in [5, 5.41) is 3.02. The van der Waals surface area contributed by atoms with E-state index in [4.69, 9.17) is 4.74 Å². The molecule has 0 aliphatic heterocycles. The minimum absolute atomic E-state index is 0.0356. The summed E-state index contributed by atoms with van der Waals surface area (Å²) in [5.74, 6) is 0. The molecule has 1 aromatic carbocycles. The highest BCUT2D eigenvalue weighted by molar-refractivity contribution is 7.90. The summed E-state index contributed by atoms with van der Waals surface area (Å²) in [4.78, 5) is -0.117. The minimum Gasteiger partial charge on any atom is -0.383 e. The predicted molar refractivity (Wildman–Crippen MR) is 89.7 cm³/mol. The fraction of sp³-hybridized carbons (Fsp3) is 0.571. The molecule has 1 saturated carbocycles. The fourth-order valence-electron chi connectivity index (χ4n) is 1.95. The normalized spacial score (nSPS) is 15.5. The molecule has 10 heteroatoms. The average Bonchev–Trinajstić information content (AvgIpc) is 3.34. The van der Waals surface area contributed by atoms with Gasteiger partial charge in [0.15, 0.2) is 0 Å². The molecule has 0 spiro atoms. The maximum atomic E-state index is 12.3. The van der Waals surface area contributed by atoms with Crippen molar-refractivity contribution in [3.8, 4) is 0 Å². The summed E-state index contributed by atoms with van der Waals surface area (Å²) >= 11 is 0. The number of ether oxygens (including phenoxy) is 1. The van der Waals surface area contributed by atoms with Crippen molar-refractivity contribution in [3.05, 3.63) is 24.3 Å². The summed E-state index contributed by atoms with van der Waals surface area (Å²) in [5.41, 5.74) is 0. The smallest absolute Gasteiger partial charge is 0.240 e. The van der Waals surface area contributed by atoms with Gasteiger partial charge in [-0.2, -0.15) is 0 Å². The lowest BCUT2D eigenvalue weighted by Crippen LogP contribution is -2.33. The van der Waals surface area contributed by atoms with E-state index in [1.807, 2.05) is 0 Å². The number of benzene rings is 1. The molecule has 1 aromatic rings. The molecule has 3 N–H and O–H groups in total. The molecule has 136 valence electrons. The Kier molecular flexibility index (Phi) is 6.72. The zero-order valence-corrected chi connectivity index (χ0v) is 15.1. The van der Waals surface area contributed by atoms with Gasteiger partial charge in [0.25, 0.3) is 0 Å². The predicted octanol–water partition coefficient (Wildman–Crippen LogP) is -0.358. The average molecular weight is 377 g/mol. The van der Waals surface area contributed by atoms with Gasteiger partial charge in [-0.3, -0.25) is 0 Å². The van der Waals surface area contributed by atoms with E-state index in [0.717, 1.165) is 12.8 Å². The summed E-state index contributed by atoms with van der Waals surface area (Å²) in [6, 6.07) is 5.32. The quantitative estimate of drug-likeness (QED) is 0.454. The molecular weight excluding hydrogens is 354 g/mol. The first-order valence-corrected chi connectivity index (χ1v) is 10.6. The Labute approximate surface area is 143 Å². The van der Waals surface area contributed by atoms with Crippen LogP contribution in [0.5, 0.6) is 0 Å². The Bertz CT molecular complexity index is 745. The van der Waals surface area contributed by atoms with Crippen LogP contribution in [-0.2, 0) is 24.8 Å². The zero-order valence-electron chi connectivity index (χ0n) is 13.5. The van der Waals surface area contributed by atoms with Crippen LogP contribution in [0, 0.1) is 0 Å². The molecular formula is C14H23N3O5S2. The van der Waals surface area contributed by atoms with E-state index >= 15 is 0 Å². The van der Waals surface area contributed by atoms with Crippen molar-refractivity contribution in [2.45, 2.75) is 28.7 Å². The standard InChI is InChI=1S/C14H23N3O5S2/c1-22-10-9-15-7-8-16-23(18,19)13-3-2-4-14(11-13)24(20,21)17-12-5-6-12/h2-4,11-12,15-17H,5-10H2,1H3. The van der Waals surface area contributed by atoms with Gasteiger partial charge in [-0.25, -0.2) is 26.3 Å². The van der Waals surface area contributed by atoms with E-state index in [1.165, 1.54) is 24.3 Å². The Morgan fingerprint density at radius 1 is 1.04 bits per heavy atom. The van der Waals surface area contributed by atoms with Gasteiger partial charge in [0, 0.05) is 32.8 Å². The molecule has 0 amide bonds. The number of rotatable bonds is 11. The lowest BCUT2D eigenvalue weighted by atomic mass is 10.4. The third kappa shape index (κ3) is 5.80. The first-order chi connectivity index (χ1) is 11.3. The number of hydrogen-bond acceptors (Lipinski definition) is 6. The van der Waals surface area contributed by atoms with E-state index in [9.17, 15) is 16.8 Å². The Balaban J connectivity index is 1.98. The molecule has 0 unspecified atom stereocenters. The summed E-state index contributed by atoms with van der Waals surface area (Å²) < 4.78 is 58.7. The Hall–Kier alpha value is -1.04. The van der Waals surface area contributed by atoms with Crippen LogP contribution in [0.1, 0.15) is 12.8 Å². The van der Waals surface area contributed by atoms with Crippen molar-refractivity contribution in [2.75, 3.05) is 33.4 Å². The Morgan fingerprint density at radius 2 is 1.71 bits per heavy atom. The van der Waals surface area contributed by atoms with Gasteiger partial charge < -0.3 is 10.1 Å². The van der Waals surface area contributed by atoms with E-state index in [2.05, 4.69) is 14.8 Å². The second-order valence-electron chi connectivity index (χ2n) is 5.51. The molecule has 0 saturated heterocycles. The SMILES string of the molecule is COCCNCCNS(=O)(=O)c1cccc(S(=O)(=O)NC2CC2)c1. The second kappa shape index (κ2) is 8.37. The van der Waals surface area contributed by atoms with Gasteiger partial charge in [0.1, 0.15) is 0 Å². The maximum absolute atomic E-state index is 12.3. The highest BCUT2D eigenvalue weighted by Gasteiger charge is 2.28. The second-order valence-corrected chi connectivity index (χ2v) is 8.99. The van der Waals surface area contributed by atoms with Crippen molar-refractivity contribution < 1.29 is 21.6 Å². The molecule has 0 heterocycles. The summed E-state index contributed by atoms with van der Waals surface area (Å²) in [6.45, 7) is 1.81. The molecule has 2 rings (SSSR count). The van der Waals surface area contributed by atoms with Gasteiger partial charge in [-0.1, -0.05) is 6.07 Å². The summed E-state index contributed by atoms with van der Waals surface area (Å²) in [7, 11) is -5.86. The highest BCUT2D eigenvalue weighted by atomic mass is 32.2. The van der Waals surface area contributed by atoms with Crippen LogP contribution in [0.15, 0.2) is 34.1 Å². The number of methoxy groups -OCH3 is 1. The summed E-state index contributed by atoms with van der Waals surface area (Å²) in [6.07, 6.45) is 1.63. The monoisotopic (exact) mass is 377 g/mol. The number of nitrogens with one attached hydrogen (secondary N) is 3. The molecule has 0 bridgehead atoms. The van der Waals surface area contributed by atoms with Gasteiger partial charge in [0.05, 0.1) is 16.4 Å². The van der Waals surface area contributed by atoms with E-state index in [1.54, 1.807) is 7.11 Å². The fourth-order valence-corrected chi connectivity index (χ4v) is 4.46. The van der Waals surface area contributed by atoms with Crippen molar-refractivity contribution in [3.63, 3.8) is 0 Å². The molecule has 0 atom stereocenters. The number of hydrogen-bond donors (Lipinski definition) is 3. The van der Waals surface area contributed by atoms with E-state index in [0.29, 0.717) is 19.7 Å². The maximum Gasteiger partial charge on any atom is 0.240 e. The van der Waals surface area contributed by atoms with Crippen molar-refractivity contribution in [1.29, 1.82) is 0 Å². The Morgan fingerprint density at radius 3 is 2.33 bits per heavy atom. The van der Waals surface area contributed by atoms with Crippen LogP contribution in [0.25, 0.3) is 0 Å². The molecule has 1 aliphatic carbocycles. The zero-order chi connectivity index (χ0) is 17.6. The lowest BCUT2D eigenvalue weighted by molar-refractivity contribution is 0.199.